The summed E-state index contributed by atoms with van der Waals surface area (Å²) in [6.45, 7) is 7.34. The minimum absolute atomic E-state index is 0.00773. The lowest BCUT2D eigenvalue weighted by atomic mass is 9.86. The Hall–Kier alpha value is -1.55. The SMILES string of the molecule is C[C@H](O)c1ccc2c(c1)CCC[C@@H]2NC(=O)OC(C)(C)C. The second-order valence-electron chi connectivity index (χ2n) is 6.73. The maximum atomic E-state index is 11.9. The van der Waals surface area contributed by atoms with Crippen LogP contribution in [-0.2, 0) is 11.2 Å². The monoisotopic (exact) mass is 291 g/mol. The molecule has 0 fully saturated rings. The van der Waals surface area contributed by atoms with Gasteiger partial charge < -0.3 is 15.2 Å². The highest BCUT2D eigenvalue weighted by Gasteiger charge is 2.25. The van der Waals surface area contributed by atoms with Crippen LogP contribution in [0.25, 0.3) is 0 Å². The summed E-state index contributed by atoms with van der Waals surface area (Å²) in [4.78, 5) is 11.9. The predicted molar refractivity (Wildman–Crippen MR) is 82.1 cm³/mol. The second kappa shape index (κ2) is 6.06. The normalized spacial score (nSPS) is 19.6. The highest BCUT2D eigenvalue weighted by molar-refractivity contribution is 5.68. The number of carbonyl (C=O) groups excluding carboxylic acids is 1. The van der Waals surface area contributed by atoms with E-state index in [0.29, 0.717) is 0 Å². The van der Waals surface area contributed by atoms with Crippen LogP contribution in [0, 0.1) is 0 Å². The van der Waals surface area contributed by atoms with Gasteiger partial charge in [0.2, 0.25) is 0 Å². The van der Waals surface area contributed by atoms with Gasteiger partial charge in [0.05, 0.1) is 12.1 Å². The van der Waals surface area contributed by atoms with Gasteiger partial charge in [-0.1, -0.05) is 18.2 Å². The third-order valence-electron chi connectivity index (χ3n) is 3.65. The smallest absolute Gasteiger partial charge is 0.408 e. The van der Waals surface area contributed by atoms with Crippen molar-refractivity contribution in [3.63, 3.8) is 0 Å². The van der Waals surface area contributed by atoms with Gasteiger partial charge in [-0.25, -0.2) is 4.79 Å². The molecule has 1 aliphatic carbocycles. The largest absolute Gasteiger partial charge is 0.444 e. The van der Waals surface area contributed by atoms with Crippen molar-refractivity contribution in [3.05, 3.63) is 34.9 Å². The summed E-state index contributed by atoms with van der Waals surface area (Å²) in [5.74, 6) is 0. The number of amides is 1. The molecular weight excluding hydrogens is 266 g/mol. The number of nitrogens with one attached hydrogen (secondary N) is 1. The average molecular weight is 291 g/mol. The van der Waals surface area contributed by atoms with E-state index >= 15 is 0 Å². The maximum absolute atomic E-state index is 11.9. The fraction of sp³-hybridized carbons (Fsp3) is 0.588. The molecule has 0 spiro atoms. The molecule has 2 rings (SSSR count). The third kappa shape index (κ3) is 4.21. The van der Waals surface area contributed by atoms with Gasteiger partial charge in [0.1, 0.15) is 5.60 Å². The van der Waals surface area contributed by atoms with Crippen LogP contribution >= 0.6 is 0 Å². The van der Waals surface area contributed by atoms with E-state index in [1.807, 2.05) is 39.0 Å². The Labute approximate surface area is 126 Å². The zero-order chi connectivity index (χ0) is 15.6. The molecule has 0 radical (unpaired) electrons. The van der Waals surface area contributed by atoms with Crippen LogP contribution in [0.1, 0.15) is 69.4 Å². The zero-order valence-electron chi connectivity index (χ0n) is 13.3. The van der Waals surface area contributed by atoms with Crippen molar-refractivity contribution >= 4 is 6.09 Å². The zero-order valence-corrected chi connectivity index (χ0v) is 13.3. The standard InChI is InChI=1S/C17H25NO3/c1-11(19)12-8-9-14-13(10-12)6-5-7-15(14)18-16(20)21-17(2,3)4/h8-11,15,19H,5-7H2,1-4H3,(H,18,20)/t11-,15-/m0/s1. The highest BCUT2D eigenvalue weighted by atomic mass is 16.6. The Morgan fingerprint density at radius 2 is 2.14 bits per heavy atom. The number of rotatable bonds is 2. The number of ether oxygens (including phenoxy) is 1. The molecule has 1 amide bonds. The molecule has 21 heavy (non-hydrogen) atoms. The number of fused-ring (bicyclic) bond motifs is 1. The summed E-state index contributed by atoms with van der Waals surface area (Å²) in [5, 5.41) is 12.6. The summed E-state index contributed by atoms with van der Waals surface area (Å²) in [6, 6.07) is 5.98. The average Bonchev–Trinajstić information content (AvgIpc) is 2.36. The van der Waals surface area contributed by atoms with Crippen molar-refractivity contribution in [1.29, 1.82) is 0 Å². The molecule has 1 aromatic rings. The number of alkyl carbamates (subject to hydrolysis) is 1. The Balaban J connectivity index is 2.13. The van der Waals surface area contributed by atoms with Crippen LogP contribution in [0.3, 0.4) is 0 Å². The molecule has 116 valence electrons. The number of carbonyl (C=O) groups is 1. The molecule has 0 unspecified atom stereocenters. The number of benzene rings is 1. The van der Waals surface area contributed by atoms with Crippen LogP contribution in [-0.4, -0.2) is 16.8 Å². The number of hydrogen-bond donors (Lipinski definition) is 2. The van der Waals surface area contributed by atoms with Crippen molar-refractivity contribution in [2.45, 2.75) is 64.7 Å². The Kier molecular flexibility index (Phi) is 4.57. The van der Waals surface area contributed by atoms with Crippen LogP contribution in [0.15, 0.2) is 18.2 Å². The van der Waals surface area contributed by atoms with Gasteiger partial charge in [-0.15, -0.1) is 0 Å². The first kappa shape index (κ1) is 15.8. The molecule has 1 aliphatic rings. The molecule has 0 heterocycles. The molecule has 0 bridgehead atoms. The minimum atomic E-state index is -0.488. The molecule has 0 saturated heterocycles. The number of hydrogen-bond acceptors (Lipinski definition) is 3. The van der Waals surface area contributed by atoms with Gasteiger partial charge in [-0.2, -0.15) is 0 Å². The van der Waals surface area contributed by atoms with Gasteiger partial charge in [0, 0.05) is 0 Å². The minimum Gasteiger partial charge on any atom is -0.444 e. The van der Waals surface area contributed by atoms with Gasteiger partial charge in [-0.05, 0) is 63.6 Å². The van der Waals surface area contributed by atoms with E-state index in [2.05, 4.69) is 5.32 Å². The summed E-state index contributed by atoms with van der Waals surface area (Å²) in [7, 11) is 0. The molecule has 0 aliphatic heterocycles. The number of aliphatic hydroxyl groups excluding tert-OH is 1. The van der Waals surface area contributed by atoms with E-state index in [-0.39, 0.29) is 12.1 Å². The molecule has 0 aromatic heterocycles. The van der Waals surface area contributed by atoms with E-state index in [9.17, 15) is 9.90 Å². The Morgan fingerprint density at radius 3 is 2.76 bits per heavy atom. The Bertz CT molecular complexity index is 517. The van der Waals surface area contributed by atoms with Crippen molar-refractivity contribution in [2.24, 2.45) is 0 Å². The first-order chi connectivity index (χ1) is 9.76. The maximum Gasteiger partial charge on any atom is 0.408 e. The van der Waals surface area contributed by atoms with E-state index in [1.54, 1.807) is 6.92 Å². The summed E-state index contributed by atoms with van der Waals surface area (Å²) in [6.07, 6.45) is 2.09. The van der Waals surface area contributed by atoms with Gasteiger partial charge in [0.25, 0.3) is 0 Å². The summed E-state index contributed by atoms with van der Waals surface area (Å²) >= 11 is 0. The van der Waals surface area contributed by atoms with E-state index in [1.165, 1.54) is 5.56 Å². The number of aryl methyl sites for hydroxylation is 1. The second-order valence-corrected chi connectivity index (χ2v) is 6.73. The topological polar surface area (TPSA) is 58.6 Å². The highest BCUT2D eigenvalue weighted by Crippen LogP contribution is 2.31. The first-order valence-electron chi connectivity index (χ1n) is 7.56. The molecule has 1 aromatic carbocycles. The van der Waals surface area contributed by atoms with Crippen LogP contribution in [0.4, 0.5) is 4.79 Å². The van der Waals surface area contributed by atoms with E-state index in [0.717, 1.165) is 30.4 Å². The van der Waals surface area contributed by atoms with Crippen LogP contribution < -0.4 is 5.32 Å². The van der Waals surface area contributed by atoms with Gasteiger partial charge in [-0.3, -0.25) is 0 Å². The predicted octanol–water partition coefficient (Wildman–Crippen LogP) is 3.64. The molecular formula is C17H25NO3. The van der Waals surface area contributed by atoms with Crippen molar-refractivity contribution < 1.29 is 14.6 Å². The van der Waals surface area contributed by atoms with Gasteiger partial charge >= 0.3 is 6.09 Å². The van der Waals surface area contributed by atoms with Gasteiger partial charge in [0.15, 0.2) is 0 Å². The summed E-state index contributed by atoms with van der Waals surface area (Å²) < 4.78 is 5.33. The number of aliphatic hydroxyl groups is 1. The lowest BCUT2D eigenvalue weighted by molar-refractivity contribution is 0.0498. The third-order valence-corrected chi connectivity index (χ3v) is 3.65. The fourth-order valence-corrected chi connectivity index (χ4v) is 2.69. The van der Waals surface area contributed by atoms with Crippen molar-refractivity contribution in [2.75, 3.05) is 0 Å². The van der Waals surface area contributed by atoms with Crippen LogP contribution in [0.2, 0.25) is 0 Å². The van der Waals surface area contributed by atoms with Crippen molar-refractivity contribution in [3.8, 4) is 0 Å². The lowest BCUT2D eigenvalue weighted by Gasteiger charge is -2.28. The lowest BCUT2D eigenvalue weighted by Crippen LogP contribution is -2.36. The molecule has 2 N–H and O–H groups in total. The van der Waals surface area contributed by atoms with E-state index < -0.39 is 11.7 Å². The summed E-state index contributed by atoms with van der Waals surface area (Å²) in [5.41, 5.74) is 2.78. The first-order valence-corrected chi connectivity index (χ1v) is 7.56. The van der Waals surface area contributed by atoms with E-state index in [4.69, 9.17) is 4.74 Å². The quantitative estimate of drug-likeness (QED) is 0.874. The molecule has 4 nitrogen and oxygen atoms in total. The van der Waals surface area contributed by atoms with Crippen molar-refractivity contribution in [1.82, 2.24) is 5.32 Å². The molecule has 4 heteroatoms. The Morgan fingerprint density at radius 1 is 1.43 bits per heavy atom. The molecule has 0 saturated carbocycles. The fourth-order valence-electron chi connectivity index (χ4n) is 2.69. The van der Waals surface area contributed by atoms with Crippen LogP contribution in [0.5, 0.6) is 0 Å². The molecule has 2 atom stereocenters.